The largest absolute Gasteiger partial charge is 0.456 e. The number of carbonyl (C=O) groups excluding carboxylic acids is 1. The topological polar surface area (TPSA) is 84.6 Å². The van der Waals surface area contributed by atoms with Crippen molar-refractivity contribution < 1.29 is 13.9 Å². The summed E-state index contributed by atoms with van der Waals surface area (Å²) in [5.74, 6) is 0.458. The number of urea groups is 1. The Labute approximate surface area is 120 Å². The van der Waals surface area contributed by atoms with Crippen molar-refractivity contribution >= 4 is 22.5 Å². The van der Waals surface area contributed by atoms with Crippen molar-refractivity contribution in [3.8, 4) is 5.19 Å². The summed E-state index contributed by atoms with van der Waals surface area (Å²) in [7, 11) is 4.97. The first kappa shape index (κ1) is 14.3. The molecule has 0 fully saturated rings. The van der Waals surface area contributed by atoms with E-state index in [1.54, 1.807) is 34.3 Å². The van der Waals surface area contributed by atoms with E-state index in [2.05, 4.69) is 15.2 Å². The maximum atomic E-state index is 11.8. The molecule has 2 heterocycles. The van der Waals surface area contributed by atoms with Crippen molar-refractivity contribution in [3.05, 3.63) is 18.4 Å². The first-order chi connectivity index (χ1) is 9.49. The third-order valence-corrected chi connectivity index (χ3v) is 3.32. The molecule has 0 N–H and O–H groups in total. The molecule has 0 aliphatic rings. The van der Waals surface area contributed by atoms with Gasteiger partial charge in [0.2, 0.25) is 11.0 Å². The van der Waals surface area contributed by atoms with Crippen molar-refractivity contribution in [3.63, 3.8) is 0 Å². The number of ether oxygens (including phenoxy) is 1. The highest BCUT2D eigenvalue weighted by atomic mass is 32.1. The second kappa shape index (κ2) is 5.87. The summed E-state index contributed by atoms with van der Waals surface area (Å²) in [5.41, 5.74) is 0. The SMILES string of the molecule is CC(Oc1nnc(N(C)C(=O)N(C)C)s1)c1ncco1. The highest BCUT2D eigenvalue weighted by Crippen LogP contribution is 2.28. The maximum Gasteiger partial charge on any atom is 0.325 e. The molecule has 0 aromatic carbocycles. The summed E-state index contributed by atoms with van der Waals surface area (Å²) in [6.07, 6.45) is 2.65. The molecule has 2 aromatic heterocycles. The fourth-order valence-corrected chi connectivity index (χ4v) is 2.13. The van der Waals surface area contributed by atoms with E-state index in [0.29, 0.717) is 16.2 Å². The molecule has 2 rings (SSSR count). The van der Waals surface area contributed by atoms with Crippen LogP contribution in [-0.2, 0) is 0 Å². The van der Waals surface area contributed by atoms with E-state index in [9.17, 15) is 4.79 Å². The number of amides is 2. The monoisotopic (exact) mass is 297 g/mol. The number of hydrogen-bond acceptors (Lipinski definition) is 7. The van der Waals surface area contributed by atoms with Crippen LogP contribution >= 0.6 is 11.3 Å². The van der Waals surface area contributed by atoms with Crippen LogP contribution in [0.1, 0.15) is 18.9 Å². The lowest BCUT2D eigenvalue weighted by atomic mass is 10.4. The molecule has 0 radical (unpaired) electrons. The Bertz CT molecular complexity index is 568. The van der Waals surface area contributed by atoms with E-state index in [1.165, 1.54) is 27.4 Å². The molecule has 108 valence electrons. The number of rotatable bonds is 4. The summed E-state index contributed by atoms with van der Waals surface area (Å²) in [6.45, 7) is 1.79. The van der Waals surface area contributed by atoms with Crippen molar-refractivity contribution in [1.29, 1.82) is 0 Å². The molecule has 0 bridgehead atoms. The zero-order valence-corrected chi connectivity index (χ0v) is 12.4. The van der Waals surface area contributed by atoms with Gasteiger partial charge in [-0.15, -0.1) is 5.10 Å². The molecule has 0 saturated carbocycles. The Kier molecular flexibility index (Phi) is 4.18. The van der Waals surface area contributed by atoms with Crippen molar-refractivity contribution in [2.45, 2.75) is 13.0 Å². The van der Waals surface area contributed by atoms with E-state index in [4.69, 9.17) is 9.15 Å². The molecule has 0 aliphatic carbocycles. The number of oxazole rings is 1. The Balaban J connectivity index is 2.04. The van der Waals surface area contributed by atoms with Gasteiger partial charge < -0.3 is 14.1 Å². The molecule has 0 spiro atoms. The van der Waals surface area contributed by atoms with E-state index in [1.807, 2.05) is 0 Å². The van der Waals surface area contributed by atoms with E-state index in [0.717, 1.165) is 0 Å². The van der Waals surface area contributed by atoms with Crippen LogP contribution in [0.15, 0.2) is 16.9 Å². The lowest BCUT2D eigenvalue weighted by molar-refractivity contribution is 0.186. The van der Waals surface area contributed by atoms with Crippen LogP contribution < -0.4 is 9.64 Å². The highest BCUT2D eigenvalue weighted by molar-refractivity contribution is 7.17. The van der Waals surface area contributed by atoms with Crippen LogP contribution in [0, 0.1) is 0 Å². The van der Waals surface area contributed by atoms with Gasteiger partial charge in [0, 0.05) is 21.1 Å². The first-order valence-corrected chi connectivity index (χ1v) is 6.65. The Morgan fingerprint density at radius 3 is 2.75 bits per heavy atom. The van der Waals surface area contributed by atoms with Gasteiger partial charge in [-0.2, -0.15) is 0 Å². The lowest BCUT2D eigenvalue weighted by Gasteiger charge is -2.18. The molecule has 2 aromatic rings. The number of anilines is 1. The predicted octanol–water partition coefficient (Wildman–Crippen LogP) is 1.78. The van der Waals surface area contributed by atoms with Crippen molar-refractivity contribution in [2.24, 2.45) is 0 Å². The molecule has 0 aliphatic heterocycles. The number of aromatic nitrogens is 3. The number of nitrogens with zero attached hydrogens (tertiary/aromatic N) is 5. The average Bonchev–Trinajstić information content (AvgIpc) is 3.07. The molecule has 1 unspecified atom stereocenters. The Morgan fingerprint density at radius 1 is 1.40 bits per heavy atom. The van der Waals surface area contributed by atoms with Gasteiger partial charge in [0.1, 0.15) is 6.26 Å². The lowest BCUT2D eigenvalue weighted by Crippen LogP contribution is -2.36. The third kappa shape index (κ3) is 3.05. The van der Waals surface area contributed by atoms with Crippen molar-refractivity contribution in [1.82, 2.24) is 20.1 Å². The van der Waals surface area contributed by atoms with Crippen LogP contribution in [0.25, 0.3) is 0 Å². The number of carbonyl (C=O) groups is 1. The molecule has 9 heteroatoms. The van der Waals surface area contributed by atoms with Crippen LogP contribution in [0.4, 0.5) is 9.93 Å². The second-order valence-corrected chi connectivity index (χ2v) is 5.14. The van der Waals surface area contributed by atoms with Gasteiger partial charge >= 0.3 is 6.03 Å². The van der Waals surface area contributed by atoms with E-state index >= 15 is 0 Å². The van der Waals surface area contributed by atoms with Gasteiger partial charge in [0.05, 0.1) is 6.20 Å². The summed E-state index contributed by atoms with van der Waals surface area (Å²) in [6, 6.07) is -0.187. The average molecular weight is 297 g/mol. The zero-order valence-electron chi connectivity index (χ0n) is 11.6. The van der Waals surface area contributed by atoms with Gasteiger partial charge in [-0.05, 0) is 18.3 Å². The minimum atomic E-state index is -0.374. The summed E-state index contributed by atoms with van der Waals surface area (Å²) in [5, 5.41) is 8.63. The molecular formula is C11H15N5O3S. The van der Waals surface area contributed by atoms with E-state index < -0.39 is 0 Å². The highest BCUT2D eigenvalue weighted by Gasteiger charge is 2.20. The van der Waals surface area contributed by atoms with Crippen LogP contribution in [0.3, 0.4) is 0 Å². The van der Waals surface area contributed by atoms with Gasteiger partial charge in [-0.25, -0.2) is 9.78 Å². The van der Waals surface area contributed by atoms with Gasteiger partial charge in [0.15, 0.2) is 6.10 Å². The van der Waals surface area contributed by atoms with Gasteiger partial charge in [-0.1, -0.05) is 5.10 Å². The second-order valence-electron chi connectivity index (χ2n) is 4.22. The molecule has 0 saturated heterocycles. The fourth-order valence-electron chi connectivity index (χ4n) is 1.40. The Morgan fingerprint density at radius 2 is 2.15 bits per heavy atom. The third-order valence-electron chi connectivity index (χ3n) is 2.43. The Hall–Kier alpha value is -2.16. The number of hydrogen-bond donors (Lipinski definition) is 0. The predicted molar refractivity (Wildman–Crippen MR) is 72.9 cm³/mol. The summed E-state index contributed by atoms with van der Waals surface area (Å²) in [4.78, 5) is 18.6. The smallest absolute Gasteiger partial charge is 0.325 e. The quantitative estimate of drug-likeness (QED) is 0.855. The molecular weight excluding hydrogens is 282 g/mol. The van der Waals surface area contributed by atoms with Crippen LogP contribution in [-0.4, -0.2) is 47.3 Å². The summed E-state index contributed by atoms with van der Waals surface area (Å²) >= 11 is 1.18. The standard InChI is InChI=1S/C11H15N5O3S/c1-7(8-12-5-6-18-8)19-10-14-13-9(20-10)16(4)11(17)15(2)3/h5-7H,1-4H3. The molecule has 8 nitrogen and oxygen atoms in total. The van der Waals surface area contributed by atoms with Crippen molar-refractivity contribution in [2.75, 3.05) is 26.0 Å². The molecule has 20 heavy (non-hydrogen) atoms. The summed E-state index contributed by atoms with van der Waals surface area (Å²) < 4.78 is 10.7. The van der Waals surface area contributed by atoms with Crippen LogP contribution in [0.2, 0.25) is 0 Å². The van der Waals surface area contributed by atoms with Gasteiger partial charge in [0.25, 0.3) is 5.19 Å². The maximum absolute atomic E-state index is 11.8. The normalized spacial score (nSPS) is 12.0. The molecule has 2 amide bonds. The van der Waals surface area contributed by atoms with Crippen LogP contribution in [0.5, 0.6) is 5.19 Å². The molecule has 1 atom stereocenters. The first-order valence-electron chi connectivity index (χ1n) is 5.83. The van der Waals surface area contributed by atoms with Gasteiger partial charge in [-0.3, -0.25) is 4.90 Å². The minimum Gasteiger partial charge on any atom is -0.456 e. The minimum absolute atomic E-state index is 0.187. The zero-order chi connectivity index (χ0) is 14.7. The fraction of sp³-hybridized carbons (Fsp3) is 0.455. The van der Waals surface area contributed by atoms with E-state index in [-0.39, 0.29) is 12.1 Å².